The molecule has 1 aliphatic rings. The minimum Gasteiger partial charge on any atom is -0.465 e. The Morgan fingerprint density at radius 2 is 2.09 bits per heavy atom. The van der Waals surface area contributed by atoms with Gasteiger partial charge in [0.15, 0.2) is 0 Å². The fourth-order valence-electron chi connectivity index (χ4n) is 3.65. The average molecular weight is 304 g/mol. The summed E-state index contributed by atoms with van der Waals surface area (Å²) in [5, 5.41) is 6.47. The number of anilines is 1. The van der Waals surface area contributed by atoms with Crippen LogP contribution < -0.4 is 5.32 Å². The van der Waals surface area contributed by atoms with Crippen LogP contribution in [0.25, 0.3) is 0 Å². The molecule has 1 aliphatic carbocycles. The number of hydrogen-bond donors (Lipinski definition) is 1. The zero-order valence-corrected chi connectivity index (χ0v) is 13.7. The van der Waals surface area contributed by atoms with Crippen molar-refractivity contribution in [3.8, 4) is 0 Å². The maximum atomic E-state index is 11.5. The second kappa shape index (κ2) is 6.46. The van der Waals surface area contributed by atoms with Crippen molar-refractivity contribution < 1.29 is 9.53 Å². The molecule has 2 atom stereocenters. The van der Waals surface area contributed by atoms with Gasteiger partial charge in [0.25, 0.3) is 0 Å². The monoisotopic (exact) mass is 304 g/mol. The second-order valence-electron chi connectivity index (χ2n) is 7.07. The number of rotatable bonds is 4. The van der Waals surface area contributed by atoms with Crippen LogP contribution in [0, 0.1) is 16.2 Å². The maximum absolute atomic E-state index is 11.5. The van der Waals surface area contributed by atoms with Gasteiger partial charge in [-0.3, -0.25) is 0 Å². The summed E-state index contributed by atoms with van der Waals surface area (Å²) in [6, 6.07) is 5.16. The standard InChI is InChI=1S/C17H24N2O3/c1-11-7-13(10-17(2,3)9-11)18-14-6-5-12(16(20)22-4)8-15(14)19-21/h5-6,8,11,13,18H,7,9-10H2,1-4H3. The Labute approximate surface area is 131 Å². The van der Waals surface area contributed by atoms with E-state index in [2.05, 4.69) is 36.0 Å². The molecule has 1 fully saturated rings. The van der Waals surface area contributed by atoms with Crippen molar-refractivity contribution in [2.75, 3.05) is 12.4 Å². The largest absolute Gasteiger partial charge is 0.465 e. The molecule has 0 heterocycles. The molecular weight excluding hydrogens is 280 g/mol. The van der Waals surface area contributed by atoms with E-state index in [0.29, 0.717) is 23.2 Å². The molecule has 5 nitrogen and oxygen atoms in total. The van der Waals surface area contributed by atoms with Gasteiger partial charge in [0, 0.05) is 6.04 Å². The topological polar surface area (TPSA) is 67.8 Å². The summed E-state index contributed by atoms with van der Waals surface area (Å²) in [7, 11) is 1.31. The molecule has 1 saturated carbocycles. The number of esters is 1. The number of methoxy groups -OCH3 is 1. The van der Waals surface area contributed by atoms with E-state index in [-0.39, 0.29) is 11.1 Å². The van der Waals surface area contributed by atoms with Gasteiger partial charge in [0.05, 0.1) is 18.4 Å². The van der Waals surface area contributed by atoms with Crippen LogP contribution in [0.5, 0.6) is 0 Å². The lowest BCUT2D eigenvalue weighted by atomic mass is 9.70. The number of benzene rings is 1. The first-order valence-electron chi connectivity index (χ1n) is 7.67. The molecule has 1 aromatic rings. The van der Waals surface area contributed by atoms with E-state index in [9.17, 15) is 9.70 Å². The van der Waals surface area contributed by atoms with E-state index in [0.717, 1.165) is 12.8 Å². The van der Waals surface area contributed by atoms with E-state index in [1.165, 1.54) is 19.6 Å². The van der Waals surface area contributed by atoms with E-state index in [1.54, 1.807) is 12.1 Å². The number of nitroso groups, excluding NO2 is 1. The Balaban J connectivity index is 2.18. The highest BCUT2D eigenvalue weighted by Crippen LogP contribution is 2.40. The highest BCUT2D eigenvalue weighted by Gasteiger charge is 2.32. The number of carbonyl (C=O) groups excluding carboxylic acids is 1. The number of nitrogens with one attached hydrogen (secondary N) is 1. The Hall–Kier alpha value is -1.91. The first-order valence-corrected chi connectivity index (χ1v) is 7.67. The van der Waals surface area contributed by atoms with Gasteiger partial charge in [-0.15, -0.1) is 4.91 Å². The van der Waals surface area contributed by atoms with Crippen molar-refractivity contribution in [1.29, 1.82) is 0 Å². The zero-order chi connectivity index (χ0) is 16.3. The van der Waals surface area contributed by atoms with E-state index < -0.39 is 5.97 Å². The Kier molecular flexibility index (Phi) is 4.84. The summed E-state index contributed by atoms with van der Waals surface area (Å²) in [5.74, 6) is 0.173. The molecule has 22 heavy (non-hydrogen) atoms. The van der Waals surface area contributed by atoms with Crippen LogP contribution in [0.4, 0.5) is 11.4 Å². The molecule has 120 valence electrons. The smallest absolute Gasteiger partial charge is 0.337 e. The molecule has 2 rings (SSSR count). The Bertz CT molecular complexity index is 569. The molecule has 0 aromatic heterocycles. The SMILES string of the molecule is COC(=O)c1ccc(NC2CC(C)CC(C)(C)C2)c(N=O)c1. The van der Waals surface area contributed by atoms with Crippen molar-refractivity contribution in [3.63, 3.8) is 0 Å². The molecule has 0 radical (unpaired) electrons. The second-order valence-corrected chi connectivity index (χ2v) is 7.07. The van der Waals surface area contributed by atoms with E-state index >= 15 is 0 Å². The van der Waals surface area contributed by atoms with Crippen LogP contribution in [0.15, 0.2) is 23.4 Å². The minimum absolute atomic E-state index is 0.249. The van der Waals surface area contributed by atoms with E-state index in [4.69, 9.17) is 0 Å². The Morgan fingerprint density at radius 3 is 2.68 bits per heavy atom. The molecule has 0 aliphatic heterocycles. The summed E-state index contributed by atoms with van der Waals surface area (Å²) < 4.78 is 4.66. The van der Waals surface area contributed by atoms with Crippen LogP contribution in [0.2, 0.25) is 0 Å². The first kappa shape index (κ1) is 16.5. The minimum atomic E-state index is -0.469. The summed E-state index contributed by atoms with van der Waals surface area (Å²) >= 11 is 0. The summed E-state index contributed by atoms with van der Waals surface area (Å²) in [6.07, 6.45) is 3.33. The van der Waals surface area contributed by atoms with Crippen molar-refractivity contribution >= 4 is 17.3 Å². The number of carbonyl (C=O) groups is 1. The normalized spacial score (nSPS) is 23.6. The van der Waals surface area contributed by atoms with Crippen LogP contribution in [0.3, 0.4) is 0 Å². The predicted octanol–water partition coefficient (Wildman–Crippen LogP) is 4.50. The lowest BCUT2D eigenvalue weighted by molar-refractivity contribution is 0.0601. The summed E-state index contributed by atoms with van der Waals surface area (Å²) in [5.41, 5.74) is 1.55. The molecule has 1 aromatic carbocycles. The molecular formula is C17H24N2O3. The van der Waals surface area contributed by atoms with Gasteiger partial charge in [-0.25, -0.2) is 4.79 Å². The van der Waals surface area contributed by atoms with Gasteiger partial charge in [-0.1, -0.05) is 20.8 Å². The third-order valence-electron chi connectivity index (χ3n) is 4.26. The molecule has 1 N–H and O–H groups in total. The highest BCUT2D eigenvalue weighted by molar-refractivity contribution is 5.91. The number of hydrogen-bond acceptors (Lipinski definition) is 5. The number of nitrogens with zero attached hydrogens (tertiary/aromatic N) is 1. The lowest BCUT2D eigenvalue weighted by Crippen LogP contribution is -2.35. The van der Waals surface area contributed by atoms with Gasteiger partial charge in [0.1, 0.15) is 5.69 Å². The molecule has 2 unspecified atom stereocenters. The van der Waals surface area contributed by atoms with Crippen LogP contribution in [-0.4, -0.2) is 19.1 Å². The molecule has 5 heteroatoms. The first-order chi connectivity index (χ1) is 10.3. The quantitative estimate of drug-likeness (QED) is 0.657. The maximum Gasteiger partial charge on any atom is 0.337 e. The van der Waals surface area contributed by atoms with Crippen LogP contribution in [0.1, 0.15) is 50.4 Å². The third-order valence-corrected chi connectivity index (χ3v) is 4.26. The fraction of sp³-hybridized carbons (Fsp3) is 0.588. The fourth-order valence-corrected chi connectivity index (χ4v) is 3.65. The van der Waals surface area contributed by atoms with Gasteiger partial charge in [0.2, 0.25) is 0 Å². The average Bonchev–Trinajstić information content (AvgIpc) is 2.44. The molecule has 0 saturated heterocycles. The van der Waals surface area contributed by atoms with Gasteiger partial charge >= 0.3 is 5.97 Å². The van der Waals surface area contributed by atoms with Crippen LogP contribution in [-0.2, 0) is 4.74 Å². The van der Waals surface area contributed by atoms with Crippen molar-refractivity contribution in [2.45, 2.75) is 46.1 Å². The molecule has 0 spiro atoms. The van der Waals surface area contributed by atoms with E-state index in [1.807, 2.05) is 0 Å². The summed E-state index contributed by atoms with van der Waals surface area (Å²) in [4.78, 5) is 22.6. The van der Waals surface area contributed by atoms with Crippen LogP contribution >= 0.6 is 0 Å². The Morgan fingerprint density at radius 1 is 1.36 bits per heavy atom. The van der Waals surface area contributed by atoms with Gasteiger partial charge in [-0.05, 0) is 54.0 Å². The van der Waals surface area contributed by atoms with Gasteiger partial charge in [-0.2, -0.15) is 0 Å². The summed E-state index contributed by atoms with van der Waals surface area (Å²) in [6.45, 7) is 6.81. The molecule has 0 amide bonds. The van der Waals surface area contributed by atoms with Gasteiger partial charge < -0.3 is 10.1 Å². The number of ether oxygens (including phenoxy) is 1. The third kappa shape index (κ3) is 3.84. The molecule has 0 bridgehead atoms. The van der Waals surface area contributed by atoms with Crippen molar-refractivity contribution in [3.05, 3.63) is 28.7 Å². The van der Waals surface area contributed by atoms with Crippen molar-refractivity contribution in [1.82, 2.24) is 0 Å². The zero-order valence-electron chi connectivity index (χ0n) is 13.7. The predicted molar refractivity (Wildman–Crippen MR) is 87.4 cm³/mol. The van der Waals surface area contributed by atoms with Crippen molar-refractivity contribution in [2.24, 2.45) is 16.5 Å². The lowest BCUT2D eigenvalue weighted by Gasteiger charge is -2.39. The highest BCUT2D eigenvalue weighted by atomic mass is 16.5.